The molecule has 0 bridgehead atoms. The molecule has 1 aromatic carbocycles. The molecule has 26 heavy (non-hydrogen) atoms. The number of imidazole rings is 1. The first kappa shape index (κ1) is 16.9. The summed E-state index contributed by atoms with van der Waals surface area (Å²) in [6.07, 6.45) is 4.55. The van der Waals surface area contributed by atoms with E-state index in [1.165, 1.54) is 11.8 Å². The van der Waals surface area contributed by atoms with Crippen LogP contribution in [0.2, 0.25) is 0 Å². The molecule has 7 nitrogen and oxygen atoms in total. The molecule has 2 heterocycles. The number of amides is 1. The highest BCUT2D eigenvalue weighted by molar-refractivity contribution is 8.00. The summed E-state index contributed by atoms with van der Waals surface area (Å²) in [6, 6.07) is 10.2. The third kappa shape index (κ3) is 2.92. The van der Waals surface area contributed by atoms with E-state index in [1.807, 2.05) is 35.6 Å². The summed E-state index contributed by atoms with van der Waals surface area (Å²) < 4.78 is 1.92. The SMILES string of the molecule is C[C@H](Sc1n[nH]c2nc3ccccc3n12)C(=O)NC1(C#N)CCCCC1. The van der Waals surface area contributed by atoms with Crippen molar-refractivity contribution in [3.8, 4) is 6.07 Å². The van der Waals surface area contributed by atoms with E-state index in [1.54, 1.807) is 0 Å². The van der Waals surface area contributed by atoms with E-state index in [-0.39, 0.29) is 11.2 Å². The fraction of sp³-hybridized carbons (Fsp3) is 0.444. The summed E-state index contributed by atoms with van der Waals surface area (Å²) in [7, 11) is 0. The largest absolute Gasteiger partial charge is 0.337 e. The quantitative estimate of drug-likeness (QED) is 0.690. The number of nitrogens with one attached hydrogen (secondary N) is 2. The molecule has 2 aromatic heterocycles. The number of nitriles is 1. The number of carbonyl (C=O) groups is 1. The standard InChI is InChI=1S/C18H20N6OS/c1-12(15(25)21-18(11-19)9-5-2-6-10-18)26-17-23-22-16-20-13-7-3-4-8-14(13)24(16)17/h3-4,7-8,12H,2,5-6,9-10H2,1H3,(H,20,22)(H,21,25)/t12-/m0/s1. The zero-order valence-corrected chi connectivity index (χ0v) is 15.3. The lowest BCUT2D eigenvalue weighted by atomic mass is 9.83. The van der Waals surface area contributed by atoms with Gasteiger partial charge in [0.2, 0.25) is 11.7 Å². The number of benzene rings is 1. The summed E-state index contributed by atoms with van der Waals surface area (Å²) in [5, 5.41) is 20.1. The second kappa shape index (κ2) is 6.65. The predicted molar refractivity (Wildman–Crippen MR) is 99.7 cm³/mol. The molecule has 0 spiro atoms. The van der Waals surface area contributed by atoms with Crippen molar-refractivity contribution in [1.82, 2.24) is 24.9 Å². The molecule has 1 saturated carbocycles. The van der Waals surface area contributed by atoms with Gasteiger partial charge in [0.15, 0.2) is 5.16 Å². The molecule has 1 aliphatic carbocycles. The van der Waals surface area contributed by atoms with Gasteiger partial charge in [0, 0.05) is 0 Å². The summed E-state index contributed by atoms with van der Waals surface area (Å²) in [5.41, 5.74) is 1.12. The smallest absolute Gasteiger partial charge is 0.234 e. The lowest BCUT2D eigenvalue weighted by Gasteiger charge is -2.32. The van der Waals surface area contributed by atoms with Crippen molar-refractivity contribution < 1.29 is 4.79 Å². The Morgan fingerprint density at radius 1 is 1.38 bits per heavy atom. The van der Waals surface area contributed by atoms with Crippen molar-refractivity contribution in [3.63, 3.8) is 0 Å². The second-order valence-corrected chi connectivity index (χ2v) is 8.08. The van der Waals surface area contributed by atoms with Gasteiger partial charge in [-0.05, 0) is 31.9 Å². The molecule has 4 rings (SSSR count). The third-order valence-corrected chi connectivity index (χ3v) is 5.99. The summed E-state index contributed by atoms with van der Waals surface area (Å²) >= 11 is 1.36. The molecule has 1 aliphatic rings. The molecule has 3 aromatic rings. The number of aromatic amines is 1. The van der Waals surface area contributed by atoms with E-state index in [4.69, 9.17) is 0 Å². The zero-order valence-electron chi connectivity index (χ0n) is 14.5. The van der Waals surface area contributed by atoms with Gasteiger partial charge in [-0.25, -0.2) is 10.1 Å². The van der Waals surface area contributed by atoms with Gasteiger partial charge in [-0.3, -0.25) is 9.20 Å². The molecule has 0 unspecified atom stereocenters. The number of thioether (sulfide) groups is 1. The molecule has 134 valence electrons. The Hall–Kier alpha value is -2.53. The van der Waals surface area contributed by atoms with Crippen LogP contribution >= 0.6 is 11.8 Å². The minimum absolute atomic E-state index is 0.126. The van der Waals surface area contributed by atoms with E-state index in [0.29, 0.717) is 10.9 Å². The van der Waals surface area contributed by atoms with Gasteiger partial charge in [0.1, 0.15) is 5.54 Å². The fourth-order valence-corrected chi connectivity index (χ4v) is 4.36. The van der Waals surface area contributed by atoms with Crippen LogP contribution in [0, 0.1) is 11.3 Å². The Morgan fingerprint density at radius 3 is 2.92 bits per heavy atom. The molecular formula is C18H20N6OS. The number of H-pyrrole nitrogens is 1. The maximum Gasteiger partial charge on any atom is 0.234 e. The maximum atomic E-state index is 12.7. The van der Waals surface area contributed by atoms with Crippen molar-refractivity contribution in [3.05, 3.63) is 24.3 Å². The summed E-state index contributed by atoms with van der Waals surface area (Å²) in [6.45, 7) is 1.84. The average molecular weight is 368 g/mol. The average Bonchev–Trinajstić information content (AvgIpc) is 3.22. The highest BCUT2D eigenvalue weighted by Crippen LogP contribution is 2.30. The number of fused-ring (bicyclic) bond motifs is 3. The van der Waals surface area contributed by atoms with E-state index >= 15 is 0 Å². The molecule has 8 heteroatoms. The Labute approximate surface area is 155 Å². The number of carbonyl (C=O) groups excluding carboxylic acids is 1. The van der Waals surface area contributed by atoms with E-state index in [0.717, 1.165) is 43.1 Å². The van der Waals surface area contributed by atoms with Gasteiger partial charge in [-0.1, -0.05) is 43.2 Å². The van der Waals surface area contributed by atoms with Crippen molar-refractivity contribution in [2.24, 2.45) is 0 Å². The van der Waals surface area contributed by atoms with Crippen LogP contribution in [-0.2, 0) is 4.79 Å². The van der Waals surface area contributed by atoms with Gasteiger partial charge in [-0.2, -0.15) is 5.26 Å². The molecule has 0 aliphatic heterocycles. The molecule has 0 radical (unpaired) electrons. The van der Waals surface area contributed by atoms with Crippen molar-refractivity contribution in [2.45, 2.75) is 55.0 Å². The van der Waals surface area contributed by atoms with Crippen molar-refractivity contribution >= 4 is 34.5 Å². The van der Waals surface area contributed by atoms with Crippen LogP contribution in [0.4, 0.5) is 0 Å². The summed E-state index contributed by atoms with van der Waals surface area (Å²) in [4.78, 5) is 17.2. The molecule has 0 saturated heterocycles. The van der Waals surface area contributed by atoms with Gasteiger partial charge in [-0.15, -0.1) is 5.10 Å². The zero-order chi connectivity index (χ0) is 18.1. The van der Waals surface area contributed by atoms with Crippen molar-refractivity contribution in [2.75, 3.05) is 0 Å². The number of rotatable bonds is 4. The van der Waals surface area contributed by atoms with Gasteiger partial charge < -0.3 is 5.32 Å². The number of hydrogen-bond donors (Lipinski definition) is 2. The van der Waals surface area contributed by atoms with Crippen LogP contribution in [0.3, 0.4) is 0 Å². The van der Waals surface area contributed by atoms with Gasteiger partial charge in [0.25, 0.3) is 0 Å². The van der Waals surface area contributed by atoms with E-state index < -0.39 is 5.54 Å². The predicted octanol–water partition coefficient (Wildman–Crippen LogP) is 3.03. The highest BCUT2D eigenvalue weighted by atomic mass is 32.2. The van der Waals surface area contributed by atoms with Crippen molar-refractivity contribution in [1.29, 1.82) is 5.26 Å². The van der Waals surface area contributed by atoms with E-state index in [9.17, 15) is 10.1 Å². The summed E-state index contributed by atoms with van der Waals surface area (Å²) in [5.74, 6) is 0.529. The fourth-order valence-electron chi connectivity index (χ4n) is 3.49. The molecule has 1 atom stereocenters. The number of aromatic nitrogens is 4. The highest BCUT2D eigenvalue weighted by Gasteiger charge is 2.35. The third-order valence-electron chi connectivity index (χ3n) is 4.94. The first-order chi connectivity index (χ1) is 12.6. The molecule has 2 N–H and O–H groups in total. The number of hydrogen-bond acceptors (Lipinski definition) is 5. The number of nitrogens with zero attached hydrogens (tertiary/aromatic N) is 4. The Morgan fingerprint density at radius 2 is 2.15 bits per heavy atom. The maximum absolute atomic E-state index is 12.7. The minimum atomic E-state index is -0.716. The molecular weight excluding hydrogens is 348 g/mol. The van der Waals surface area contributed by atoms with Crippen LogP contribution in [-0.4, -0.2) is 36.3 Å². The lowest BCUT2D eigenvalue weighted by molar-refractivity contribution is -0.121. The lowest BCUT2D eigenvalue weighted by Crippen LogP contribution is -2.50. The normalized spacial score (nSPS) is 17.8. The second-order valence-electron chi connectivity index (χ2n) is 6.77. The Bertz CT molecular complexity index is 994. The van der Waals surface area contributed by atoms with Crippen LogP contribution < -0.4 is 5.32 Å². The first-order valence-corrected chi connectivity index (χ1v) is 9.71. The number of para-hydroxylation sites is 2. The van der Waals surface area contributed by atoms with Crippen LogP contribution in [0.25, 0.3) is 16.8 Å². The van der Waals surface area contributed by atoms with Gasteiger partial charge >= 0.3 is 0 Å². The first-order valence-electron chi connectivity index (χ1n) is 8.83. The molecule has 1 fully saturated rings. The van der Waals surface area contributed by atoms with Crippen LogP contribution in [0.5, 0.6) is 0 Å². The Kier molecular flexibility index (Phi) is 4.32. The van der Waals surface area contributed by atoms with Crippen LogP contribution in [0.15, 0.2) is 29.4 Å². The molecule has 1 amide bonds. The topological polar surface area (TPSA) is 98.9 Å². The minimum Gasteiger partial charge on any atom is -0.337 e. The van der Waals surface area contributed by atoms with Crippen LogP contribution in [0.1, 0.15) is 39.0 Å². The van der Waals surface area contributed by atoms with Gasteiger partial charge in [0.05, 0.1) is 22.4 Å². The monoisotopic (exact) mass is 368 g/mol. The van der Waals surface area contributed by atoms with E-state index in [2.05, 4.69) is 26.6 Å². The Balaban J connectivity index is 1.54.